The van der Waals surface area contributed by atoms with Gasteiger partial charge in [0.15, 0.2) is 0 Å². The smallest absolute Gasteiger partial charge is 0.316 e. The van der Waals surface area contributed by atoms with Crippen LogP contribution in [0.15, 0.2) is 0 Å². The van der Waals surface area contributed by atoms with Gasteiger partial charge in [0, 0.05) is 12.3 Å². The van der Waals surface area contributed by atoms with E-state index in [9.17, 15) is 0 Å². The SMILES string of the molecule is CCC1CCC(CCCCNCCS)CC1.O=S(=O)(O)O. The summed E-state index contributed by atoms with van der Waals surface area (Å²) in [7, 11) is -4.67. The average Bonchev–Trinajstić information content (AvgIpc) is 2.41. The van der Waals surface area contributed by atoms with Gasteiger partial charge in [-0.3, -0.25) is 9.11 Å². The van der Waals surface area contributed by atoms with E-state index in [0.29, 0.717) is 0 Å². The molecule has 7 heteroatoms. The Hall–Kier alpha value is 0.180. The molecule has 128 valence electrons. The summed E-state index contributed by atoms with van der Waals surface area (Å²) in [5.74, 6) is 3.06. The van der Waals surface area contributed by atoms with Crippen molar-refractivity contribution in [2.24, 2.45) is 11.8 Å². The third kappa shape index (κ3) is 16.4. The van der Waals surface area contributed by atoms with Gasteiger partial charge >= 0.3 is 10.4 Å². The molecule has 0 saturated heterocycles. The fourth-order valence-corrected chi connectivity index (χ4v) is 2.97. The van der Waals surface area contributed by atoms with Gasteiger partial charge in [-0.15, -0.1) is 0 Å². The van der Waals surface area contributed by atoms with Crippen molar-refractivity contribution in [2.45, 2.75) is 58.3 Å². The molecule has 1 fully saturated rings. The van der Waals surface area contributed by atoms with Crippen molar-refractivity contribution in [1.29, 1.82) is 0 Å². The van der Waals surface area contributed by atoms with Crippen molar-refractivity contribution in [3.05, 3.63) is 0 Å². The number of hydrogen-bond acceptors (Lipinski definition) is 4. The number of rotatable bonds is 8. The summed E-state index contributed by atoms with van der Waals surface area (Å²) in [6.45, 7) is 4.59. The first kappa shape index (κ1) is 21.2. The molecule has 0 bridgehead atoms. The maximum Gasteiger partial charge on any atom is 0.394 e. The highest BCUT2D eigenvalue weighted by atomic mass is 32.3. The summed E-state index contributed by atoms with van der Waals surface area (Å²) in [6, 6.07) is 0. The molecular weight excluding hydrogens is 310 g/mol. The highest BCUT2D eigenvalue weighted by Crippen LogP contribution is 2.33. The zero-order valence-electron chi connectivity index (χ0n) is 13.0. The first-order chi connectivity index (χ1) is 9.86. The van der Waals surface area contributed by atoms with E-state index in [1.807, 2.05) is 0 Å². The Labute approximate surface area is 135 Å². The first-order valence-corrected chi connectivity index (χ1v) is 9.91. The fourth-order valence-electron chi connectivity index (χ4n) is 2.82. The number of hydrogen-bond donors (Lipinski definition) is 4. The van der Waals surface area contributed by atoms with Gasteiger partial charge in [-0.05, 0) is 24.8 Å². The van der Waals surface area contributed by atoms with Crippen LogP contribution >= 0.6 is 12.6 Å². The quantitative estimate of drug-likeness (QED) is 0.309. The lowest BCUT2D eigenvalue weighted by atomic mass is 9.79. The van der Waals surface area contributed by atoms with Crippen LogP contribution in [-0.4, -0.2) is 36.4 Å². The molecule has 0 aromatic carbocycles. The van der Waals surface area contributed by atoms with Crippen molar-refractivity contribution >= 4 is 23.0 Å². The second-order valence-electron chi connectivity index (χ2n) is 5.71. The zero-order valence-corrected chi connectivity index (χ0v) is 14.7. The molecule has 0 aliphatic heterocycles. The van der Waals surface area contributed by atoms with Crippen molar-refractivity contribution in [2.75, 3.05) is 18.8 Å². The topological polar surface area (TPSA) is 86.6 Å². The lowest BCUT2D eigenvalue weighted by Crippen LogP contribution is -2.18. The molecule has 5 nitrogen and oxygen atoms in total. The highest BCUT2D eigenvalue weighted by Gasteiger charge is 2.19. The molecule has 1 aliphatic rings. The van der Waals surface area contributed by atoms with E-state index in [2.05, 4.69) is 24.9 Å². The van der Waals surface area contributed by atoms with E-state index in [0.717, 1.165) is 24.1 Å². The fraction of sp³-hybridized carbons (Fsp3) is 1.00. The van der Waals surface area contributed by atoms with Crippen LogP contribution in [-0.2, 0) is 10.4 Å². The van der Waals surface area contributed by atoms with Gasteiger partial charge in [-0.25, -0.2) is 0 Å². The molecular formula is C14H31NO4S2. The van der Waals surface area contributed by atoms with E-state index < -0.39 is 10.4 Å². The monoisotopic (exact) mass is 341 g/mol. The maximum atomic E-state index is 8.74. The van der Waals surface area contributed by atoms with Gasteiger partial charge in [0.25, 0.3) is 0 Å². The van der Waals surface area contributed by atoms with E-state index in [4.69, 9.17) is 17.5 Å². The Balaban J connectivity index is 0.000000690. The predicted molar refractivity (Wildman–Crippen MR) is 90.5 cm³/mol. The van der Waals surface area contributed by atoms with Crippen LogP contribution in [0.4, 0.5) is 0 Å². The molecule has 0 unspecified atom stereocenters. The summed E-state index contributed by atoms with van der Waals surface area (Å²) in [4.78, 5) is 0. The molecule has 0 aromatic heterocycles. The Bertz CT molecular complexity index is 320. The first-order valence-electron chi connectivity index (χ1n) is 7.88. The summed E-state index contributed by atoms with van der Waals surface area (Å²) in [5, 5.41) is 3.41. The van der Waals surface area contributed by atoms with Crippen LogP contribution in [0, 0.1) is 11.8 Å². The van der Waals surface area contributed by atoms with Gasteiger partial charge in [0.2, 0.25) is 0 Å². The molecule has 1 saturated carbocycles. The molecule has 1 rings (SSSR count). The minimum absolute atomic E-state index is 0.959. The lowest BCUT2D eigenvalue weighted by molar-refractivity contribution is 0.254. The Morgan fingerprint density at radius 1 is 1.05 bits per heavy atom. The molecule has 0 amide bonds. The predicted octanol–water partition coefficient (Wildman–Crippen LogP) is 3.24. The van der Waals surface area contributed by atoms with Gasteiger partial charge in [0.05, 0.1) is 0 Å². The standard InChI is InChI=1S/C14H29NS.H2O4S/c1-2-13-6-8-14(9-7-13)5-3-4-10-15-11-12-16;1-5(2,3)4/h13-16H,2-12H2,1H3;(H2,1,2,3,4). The lowest BCUT2D eigenvalue weighted by Gasteiger charge is -2.27. The Morgan fingerprint density at radius 2 is 1.57 bits per heavy atom. The number of thiol groups is 1. The van der Waals surface area contributed by atoms with Crippen LogP contribution in [0.2, 0.25) is 0 Å². The van der Waals surface area contributed by atoms with Crippen molar-refractivity contribution in [3.8, 4) is 0 Å². The molecule has 1 aliphatic carbocycles. The molecule has 21 heavy (non-hydrogen) atoms. The Kier molecular flexibility index (Phi) is 12.8. The third-order valence-corrected chi connectivity index (χ3v) is 4.27. The second-order valence-corrected chi connectivity index (χ2v) is 7.06. The highest BCUT2D eigenvalue weighted by molar-refractivity contribution is 7.80. The normalized spacial score (nSPS) is 22.5. The molecule has 0 radical (unpaired) electrons. The summed E-state index contributed by atoms with van der Waals surface area (Å²) in [5.41, 5.74) is 0. The van der Waals surface area contributed by atoms with Crippen LogP contribution in [0.5, 0.6) is 0 Å². The van der Waals surface area contributed by atoms with E-state index in [-0.39, 0.29) is 0 Å². The van der Waals surface area contributed by atoms with Gasteiger partial charge in [-0.2, -0.15) is 21.0 Å². The third-order valence-electron chi connectivity index (χ3n) is 4.05. The number of unbranched alkanes of at least 4 members (excludes halogenated alkanes) is 1. The van der Waals surface area contributed by atoms with Crippen LogP contribution < -0.4 is 5.32 Å². The average molecular weight is 342 g/mol. The molecule has 3 N–H and O–H groups in total. The Morgan fingerprint density at radius 3 is 2.05 bits per heavy atom. The van der Waals surface area contributed by atoms with E-state index in [1.165, 1.54) is 57.9 Å². The largest absolute Gasteiger partial charge is 0.394 e. The molecule has 0 spiro atoms. The summed E-state index contributed by atoms with van der Waals surface area (Å²) < 4.78 is 31.6. The van der Waals surface area contributed by atoms with Crippen LogP contribution in [0.25, 0.3) is 0 Å². The van der Waals surface area contributed by atoms with Gasteiger partial charge in [-0.1, -0.05) is 51.9 Å². The van der Waals surface area contributed by atoms with Crippen LogP contribution in [0.3, 0.4) is 0 Å². The summed E-state index contributed by atoms with van der Waals surface area (Å²) in [6.07, 6.45) is 11.6. The van der Waals surface area contributed by atoms with Gasteiger partial charge < -0.3 is 5.32 Å². The van der Waals surface area contributed by atoms with Crippen molar-refractivity contribution in [1.82, 2.24) is 5.32 Å². The van der Waals surface area contributed by atoms with Gasteiger partial charge in [0.1, 0.15) is 0 Å². The summed E-state index contributed by atoms with van der Waals surface area (Å²) >= 11 is 4.18. The minimum Gasteiger partial charge on any atom is -0.316 e. The molecule has 0 atom stereocenters. The minimum atomic E-state index is -4.67. The van der Waals surface area contributed by atoms with Crippen molar-refractivity contribution < 1.29 is 17.5 Å². The molecule has 0 aromatic rings. The van der Waals surface area contributed by atoms with E-state index in [1.54, 1.807) is 0 Å². The van der Waals surface area contributed by atoms with E-state index >= 15 is 0 Å². The zero-order chi connectivity index (χ0) is 16.1. The van der Waals surface area contributed by atoms with Crippen LogP contribution in [0.1, 0.15) is 58.3 Å². The number of nitrogens with one attached hydrogen (secondary N) is 1. The maximum absolute atomic E-state index is 8.74. The molecule has 0 heterocycles. The van der Waals surface area contributed by atoms with Crippen molar-refractivity contribution in [3.63, 3.8) is 0 Å². The second kappa shape index (κ2) is 12.7.